The summed E-state index contributed by atoms with van der Waals surface area (Å²) in [7, 11) is 1.93. The van der Waals surface area contributed by atoms with Crippen LogP contribution in [-0.2, 0) is 13.5 Å². The van der Waals surface area contributed by atoms with Crippen molar-refractivity contribution in [3.8, 4) is 0 Å². The third-order valence-electron chi connectivity index (χ3n) is 3.86. The number of halogens is 2. The van der Waals surface area contributed by atoms with E-state index in [4.69, 9.17) is 23.2 Å². The van der Waals surface area contributed by atoms with Gasteiger partial charge in [0, 0.05) is 24.0 Å². The fraction of sp³-hybridized carbons (Fsp3) is 0.333. The first-order valence-electron chi connectivity index (χ1n) is 7.08. The average molecular weight is 339 g/mol. The molecule has 5 nitrogen and oxygen atoms in total. The number of hydrogen-bond acceptors (Lipinski definition) is 2. The van der Waals surface area contributed by atoms with Crippen LogP contribution in [0.1, 0.15) is 30.1 Å². The number of hydrogen-bond donors (Lipinski definition) is 2. The summed E-state index contributed by atoms with van der Waals surface area (Å²) in [6.07, 6.45) is 4.77. The summed E-state index contributed by atoms with van der Waals surface area (Å²) in [5.74, 6) is 0. The molecule has 2 aromatic rings. The molecule has 1 aliphatic carbocycles. The van der Waals surface area contributed by atoms with E-state index in [-0.39, 0.29) is 12.1 Å². The quantitative estimate of drug-likeness (QED) is 0.871. The van der Waals surface area contributed by atoms with E-state index in [1.54, 1.807) is 18.2 Å². The number of anilines is 1. The van der Waals surface area contributed by atoms with Crippen molar-refractivity contribution in [1.82, 2.24) is 15.1 Å². The van der Waals surface area contributed by atoms with Gasteiger partial charge in [0.1, 0.15) is 0 Å². The molecule has 22 heavy (non-hydrogen) atoms. The number of aryl methyl sites for hydroxylation is 1. The number of aromatic nitrogens is 2. The first-order valence-corrected chi connectivity index (χ1v) is 7.83. The van der Waals surface area contributed by atoms with Crippen molar-refractivity contribution in [2.45, 2.75) is 25.3 Å². The molecule has 1 atom stereocenters. The lowest BCUT2D eigenvalue weighted by Crippen LogP contribution is -2.34. The molecule has 1 aliphatic rings. The minimum Gasteiger partial charge on any atom is -0.331 e. The molecule has 0 spiro atoms. The Morgan fingerprint density at radius 1 is 1.36 bits per heavy atom. The highest BCUT2D eigenvalue weighted by Crippen LogP contribution is 2.29. The van der Waals surface area contributed by atoms with Gasteiger partial charge in [-0.1, -0.05) is 23.2 Å². The molecule has 2 amide bonds. The summed E-state index contributed by atoms with van der Waals surface area (Å²) >= 11 is 11.8. The molecule has 0 saturated carbocycles. The number of fused-ring (bicyclic) bond motifs is 1. The Morgan fingerprint density at radius 2 is 2.18 bits per heavy atom. The normalized spacial score (nSPS) is 17.0. The number of nitrogens with one attached hydrogen (secondary N) is 2. The van der Waals surface area contributed by atoms with E-state index in [2.05, 4.69) is 15.7 Å². The molecule has 2 N–H and O–H groups in total. The number of amides is 2. The van der Waals surface area contributed by atoms with E-state index in [0.29, 0.717) is 15.7 Å². The fourth-order valence-electron chi connectivity index (χ4n) is 2.76. The molecule has 0 saturated heterocycles. The second kappa shape index (κ2) is 6.18. The van der Waals surface area contributed by atoms with Gasteiger partial charge in [-0.15, -0.1) is 0 Å². The average Bonchev–Trinajstić information content (AvgIpc) is 2.86. The predicted molar refractivity (Wildman–Crippen MR) is 87.5 cm³/mol. The summed E-state index contributed by atoms with van der Waals surface area (Å²) in [4.78, 5) is 12.2. The van der Waals surface area contributed by atoms with Crippen LogP contribution in [-0.4, -0.2) is 15.8 Å². The van der Waals surface area contributed by atoms with E-state index in [0.717, 1.165) is 24.8 Å². The lowest BCUT2D eigenvalue weighted by molar-refractivity contribution is 0.247. The van der Waals surface area contributed by atoms with Crippen LogP contribution in [0.25, 0.3) is 0 Å². The van der Waals surface area contributed by atoms with E-state index < -0.39 is 0 Å². The highest BCUT2D eigenvalue weighted by atomic mass is 35.5. The minimum absolute atomic E-state index is 0.0137. The van der Waals surface area contributed by atoms with Crippen molar-refractivity contribution in [2.24, 2.45) is 7.05 Å². The molecule has 1 unspecified atom stereocenters. The van der Waals surface area contributed by atoms with Gasteiger partial charge in [-0.2, -0.15) is 5.10 Å². The monoisotopic (exact) mass is 338 g/mol. The van der Waals surface area contributed by atoms with E-state index >= 15 is 0 Å². The molecule has 7 heteroatoms. The summed E-state index contributed by atoms with van der Waals surface area (Å²) in [5.41, 5.74) is 2.89. The van der Waals surface area contributed by atoms with Crippen LogP contribution in [0, 0.1) is 0 Å². The number of carbonyl (C=O) groups is 1. The van der Waals surface area contributed by atoms with Crippen LogP contribution in [0.15, 0.2) is 24.4 Å². The molecule has 1 heterocycles. The Bertz CT molecular complexity index is 714. The molecule has 3 rings (SSSR count). The van der Waals surface area contributed by atoms with Gasteiger partial charge in [0.25, 0.3) is 0 Å². The maximum Gasteiger partial charge on any atom is 0.319 e. The molecular formula is C15H16Cl2N4O. The van der Waals surface area contributed by atoms with Gasteiger partial charge in [-0.3, -0.25) is 4.68 Å². The number of nitrogens with zero attached hydrogens (tertiary/aromatic N) is 2. The van der Waals surface area contributed by atoms with Gasteiger partial charge in [0.2, 0.25) is 0 Å². The van der Waals surface area contributed by atoms with Crippen molar-refractivity contribution < 1.29 is 4.79 Å². The van der Waals surface area contributed by atoms with Gasteiger partial charge < -0.3 is 10.6 Å². The molecule has 1 aromatic heterocycles. The Labute approximate surface area is 138 Å². The van der Waals surface area contributed by atoms with Crippen molar-refractivity contribution in [2.75, 3.05) is 5.32 Å². The molecule has 0 radical (unpaired) electrons. The van der Waals surface area contributed by atoms with Gasteiger partial charge in [-0.05, 0) is 37.5 Å². The zero-order valence-electron chi connectivity index (χ0n) is 12.1. The number of rotatable bonds is 2. The van der Waals surface area contributed by atoms with Crippen molar-refractivity contribution in [1.29, 1.82) is 0 Å². The van der Waals surface area contributed by atoms with Crippen LogP contribution < -0.4 is 10.6 Å². The standard InChI is InChI=1S/C15H16Cl2N4O/c1-21-14-4-2-3-13(10(14)8-18-21)20-15(22)19-9-5-6-11(16)12(17)7-9/h5-8,13H,2-4H2,1H3,(H2,19,20,22). The first-order chi connectivity index (χ1) is 10.5. The number of urea groups is 1. The van der Waals surface area contributed by atoms with Crippen molar-refractivity contribution in [3.05, 3.63) is 45.7 Å². The highest BCUT2D eigenvalue weighted by molar-refractivity contribution is 6.42. The third-order valence-corrected chi connectivity index (χ3v) is 4.60. The fourth-order valence-corrected chi connectivity index (χ4v) is 3.05. The smallest absolute Gasteiger partial charge is 0.319 e. The molecule has 0 bridgehead atoms. The van der Waals surface area contributed by atoms with Crippen LogP contribution in [0.5, 0.6) is 0 Å². The van der Waals surface area contributed by atoms with Gasteiger partial charge >= 0.3 is 6.03 Å². The summed E-state index contributed by atoms with van der Waals surface area (Å²) in [6, 6.07) is 4.71. The lowest BCUT2D eigenvalue weighted by Gasteiger charge is -2.24. The van der Waals surface area contributed by atoms with Crippen molar-refractivity contribution >= 4 is 34.9 Å². The van der Waals surface area contributed by atoms with Gasteiger partial charge in [0.05, 0.1) is 22.3 Å². The molecule has 0 fully saturated rings. The predicted octanol–water partition coefficient (Wildman–Crippen LogP) is 3.93. The Kier molecular flexibility index (Phi) is 4.27. The summed E-state index contributed by atoms with van der Waals surface area (Å²) in [6.45, 7) is 0. The lowest BCUT2D eigenvalue weighted by atomic mass is 9.93. The van der Waals surface area contributed by atoms with Crippen LogP contribution in [0.3, 0.4) is 0 Å². The highest BCUT2D eigenvalue weighted by Gasteiger charge is 2.24. The van der Waals surface area contributed by atoms with E-state index in [1.807, 2.05) is 17.9 Å². The van der Waals surface area contributed by atoms with E-state index in [9.17, 15) is 4.79 Å². The zero-order chi connectivity index (χ0) is 15.7. The Morgan fingerprint density at radius 3 is 2.95 bits per heavy atom. The zero-order valence-corrected chi connectivity index (χ0v) is 13.6. The largest absolute Gasteiger partial charge is 0.331 e. The van der Waals surface area contributed by atoms with Crippen LogP contribution in [0.4, 0.5) is 10.5 Å². The molecule has 0 aliphatic heterocycles. The SMILES string of the molecule is Cn1ncc2c1CCCC2NC(=O)Nc1ccc(Cl)c(Cl)c1. The van der Waals surface area contributed by atoms with Crippen LogP contribution >= 0.6 is 23.2 Å². The Hall–Kier alpha value is -1.72. The molecular weight excluding hydrogens is 323 g/mol. The van der Waals surface area contributed by atoms with Crippen molar-refractivity contribution in [3.63, 3.8) is 0 Å². The van der Waals surface area contributed by atoms with E-state index in [1.165, 1.54) is 5.69 Å². The van der Waals surface area contributed by atoms with Gasteiger partial charge in [-0.25, -0.2) is 4.79 Å². The van der Waals surface area contributed by atoms with Crippen LogP contribution in [0.2, 0.25) is 10.0 Å². The Balaban J connectivity index is 1.68. The summed E-state index contributed by atoms with van der Waals surface area (Å²) in [5, 5.41) is 10.9. The topological polar surface area (TPSA) is 59.0 Å². The summed E-state index contributed by atoms with van der Waals surface area (Å²) < 4.78 is 1.88. The number of carbonyl (C=O) groups excluding carboxylic acids is 1. The number of benzene rings is 1. The third kappa shape index (κ3) is 3.05. The first kappa shape index (κ1) is 15.2. The minimum atomic E-state index is -0.264. The van der Waals surface area contributed by atoms with Gasteiger partial charge in [0.15, 0.2) is 0 Å². The second-order valence-electron chi connectivity index (χ2n) is 5.34. The maximum atomic E-state index is 12.2. The molecule has 1 aromatic carbocycles. The molecule has 116 valence electrons. The maximum absolute atomic E-state index is 12.2. The second-order valence-corrected chi connectivity index (χ2v) is 6.16.